The van der Waals surface area contributed by atoms with Gasteiger partial charge in [-0.15, -0.1) is 15.3 Å². The number of halogens is 3. The predicted octanol–water partition coefficient (Wildman–Crippen LogP) is 2.20. The van der Waals surface area contributed by atoms with Crippen molar-refractivity contribution in [3.63, 3.8) is 0 Å². The Bertz CT molecular complexity index is 1020. The third-order valence-corrected chi connectivity index (χ3v) is 3.12. The number of hydrazone groups is 1. The number of nitro groups is 1. The molecule has 0 aliphatic heterocycles. The maximum atomic E-state index is 12.8. The van der Waals surface area contributed by atoms with E-state index in [1.165, 1.54) is 12.1 Å². The molecule has 0 aliphatic rings. The number of aromatic nitrogens is 4. The molecule has 0 amide bonds. The SMILES string of the molecule is O=[N+]([O-])c1ccc(O)c(C=NNc2ccc3nnc(C(F)(F)F)n3n2)c1. The predicted molar refractivity (Wildman–Crippen MR) is 81.8 cm³/mol. The second kappa shape index (κ2) is 6.27. The molecule has 0 atom stereocenters. The molecule has 0 saturated carbocycles. The number of non-ortho nitro benzene ring substituents is 1. The summed E-state index contributed by atoms with van der Waals surface area (Å²) in [5.74, 6) is -1.62. The number of benzene rings is 1. The summed E-state index contributed by atoms with van der Waals surface area (Å²) >= 11 is 0. The maximum Gasteiger partial charge on any atom is 0.453 e. The van der Waals surface area contributed by atoms with Gasteiger partial charge in [-0.2, -0.15) is 22.8 Å². The molecule has 3 aromatic rings. The highest BCUT2D eigenvalue weighted by Gasteiger charge is 2.37. The first-order valence-electron chi connectivity index (χ1n) is 6.82. The smallest absolute Gasteiger partial charge is 0.453 e. The van der Waals surface area contributed by atoms with Crippen molar-refractivity contribution in [2.75, 3.05) is 5.43 Å². The van der Waals surface area contributed by atoms with Crippen molar-refractivity contribution in [2.45, 2.75) is 6.18 Å². The van der Waals surface area contributed by atoms with E-state index in [0.717, 1.165) is 24.4 Å². The molecule has 0 bridgehead atoms. The van der Waals surface area contributed by atoms with Crippen LogP contribution in [0, 0.1) is 10.1 Å². The van der Waals surface area contributed by atoms with Crippen molar-refractivity contribution in [1.29, 1.82) is 0 Å². The van der Waals surface area contributed by atoms with E-state index in [0.29, 0.717) is 4.52 Å². The van der Waals surface area contributed by atoms with Crippen LogP contribution >= 0.6 is 0 Å². The summed E-state index contributed by atoms with van der Waals surface area (Å²) in [6.07, 6.45) is -3.67. The van der Waals surface area contributed by atoms with Gasteiger partial charge >= 0.3 is 6.18 Å². The molecule has 0 radical (unpaired) electrons. The third-order valence-electron chi connectivity index (χ3n) is 3.12. The lowest BCUT2D eigenvalue weighted by atomic mass is 10.2. The van der Waals surface area contributed by atoms with E-state index in [1.54, 1.807) is 0 Å². The summed E-state index contributed by atoms with van der Waals surface area (Å²) in [5.41, 5.74) is 2.03. The van der Waals surface area contributed by atoms with Crippen LogP contribution in [-0.2, 0) is 6.18 Å². The number of hydrogen-bond acceptors (Lipinski definition) is 8. The van der Waals surface area contributed by atoms with Gasteiger partial charge in [-0.25, -0.2) is 0 Å². The average Bonchev–Trinajstić information content (AvgIpc) is 2.99. The highest BCUT2D eigenvalue weighted by atomic mass is 19.4. The van der Waals surface area contributed by atoms with Crippen molar-refractivity contribution in [1.82, 2.24) is 19.8 Å². The number of nitrogens with one attached hydrogen (secondary N) is 1. The van der Waals surface area contributed by atoms with Gasteiger partial charge in [0.05, 0.1) is 11.1 Å². The third kappa shape index (κ3) is 3.35. The molecular formula is C13H8F3N7O3. The fraction of sp³-hybridized carbons (Fsp3) is 0.0769. The van der Waals surface area contributed by atoms with Crippen molar-refractivity contribution >= 4 is 23.4 Å². The first-order valence-corrected chi connectivity index (χ1v) is 6.82. The van der Waals surface area contributed by atoms with E-state index >= 15 is 0 Å². The van der Waals surface area contributed by atoms with Crippen molar-refractivity contribution < 1.29 is 23.2 Å². The van der Waals surface area contributed by atoms with Crippen LogP contribution in [0.15, 0.2) is 35.4 Å². The van der Waals surface area contributed by atoms with E-state index in [1.807, 2.05) is 0 Å². The normalized spacial score (nSPS) is 12.0. The zero-order valence-corrected chi connectivity index (χ0v) is 12.5. The number of nitrogens with zero attached hydrogens (tertiary/aromatic N) is 6. The fourth-order valence-corrected chi connectivity index (χ4v) is 1.95. The molecule has 2 aromatic heterocycles. The van der Waals surface area contributed by atoms with Gasteiger partial charge in [-0.3, -0.25) is 15.5 Å². The van der Waals surface area contributed by atoms with Crippen molar-refractivity contribution in [3.8, 4) is 5.75 Å². The second-order valence-electron chi connectivity index (χ2n) is 4.88. The molecular weight excluding hydrogens is 359 g/mol. The van der Waals surface area contributed by atoms with Crippen LogP contribution in [0.1, 0.15) is 11.4 Å². The molecule has 0 unspecified atom stereocenters. The minimum atomic E-state index is -4.73. The van der Waals surface area contributed by atoms with Crippen LogP contribution in [0.5, 0.6) is 5.75 Å². The van der Waals surface area contributed by atoms with Crippen LogP contribution in [0.3, 0.4) is 0 Å². The first kappa shape index (κ1) is 17.1. The van der Waals surface area contributed by atoms with Gasteiger partial charge in [-0.05, 0) is 18.2 Å². The van der Waals surface area contributed by atoms with E-state index in [2.05, 4.69) is 25.8 Å². The summed E-state index contributed by atoms with van der Waals surface area (Å²) in [5, 5.41) is 34.1. The summed E-state index contributed by atoms with van der Waals surface area (Å²) in [6, 6.07) is 5.88. The Balaban J connectivity index is 1.85. The average molecular weight is 367 g/mol. The molecule has 134 valence electrons. The van der Waals surface area contributed by atoms with Gasteiger partial charge < -0.3 is 5.11 Å². The largest absolute Gasteiger partial charge is 0.507 e. The minimum Gasteiger partial charge on any atom is -0.507 e. The molecule has 0 saturated heterocycles. The van der Waals surface area contributed by atoms with E-state index in [9.17, 15) is 28.4 Å². The number of aromatic hydroxyl groups is 1. The number of phenols is 1. The molecule has 13 heteroatoms. The maximum absolute atomic E-state index is 12.8. The van der Waals surface area contributed by atoms with Crippen LogP contribution < -0.4 is 5.43 Å². The second-order valence-corrected chi connectivity index (χ2v) is 4.88. The molecule has 10 nitrogen and oxygen atoms in total. The summed E-state index contributed by atoms with van der Waals surface area (Å²) in [6.45, 7) is 0. The topological polar surface area (TPSA) is 131 Å². The molecule has 0 aliphatic carbocycles. The number of alkyl halides is 3. The molecule has 0 spiro atoms. The molecule has 3 rings (SSSR count). The minimum absolute atomic E-state index is 0.0352. The molecule has 26 heavy (non-hydrogen) atoms. The number of anilines is 1. The number of hydrogen-bond donors (Lipinski definition) is 2. The molecule has 0 fully saturated rings. The van der Waals surface area contributed by atoms with Gasteiger partial charge in [0.15, 0.2) is 11.5 Å². The van der Waals surface area contributed by atoms with Crippen LogP contribution in [0.2, 0.25) is 0 Å². The number of rotatable bonds is 4. The quantitative estimate of drug-likeness (QED) is 0.410. The highest BCUT2D eigenvalue weighted by Crippen LogP contribution is 2.27. The zero-order chi connectivity index (χ0) is 18.9. The number of nitro benzene ring substituents is 1. The zero-order valence-electron chi connectivity index (χ0n) is 12.5. The fourth-order valence-electron chi connectivity index (χ4n) is 1.95. The summed E-state index contributed by atoms with van der Waals surface area (Å²) in [7, 11) is 0. The Morgan fingerprint density at radius 3 is 2.73 bits per heavy atom. The number of phenolic OH excluding ortho intramolecular Hbond substituents is 1. The van der Waals surface area contributed by atoms with E-state index in [-0.39, 0.29) is 28.5 Å². The first-order chi connectivity index (χ1) is 12.3. The highest BCUT2D eigenvalue weighted by molar-refractivity contribution is 5.84. The Morgan fingerprint density at radius 2 is 2.04 bits per heavy atom. The molecule has 2 N–H and O–H groups in total. The van der Waals surface area contributed by atoms with Crippen molar-refractivity contribution in [3.05, 3.63) is 51.8 Å². The van der Waals surface area contributed by atoms with Gasteiger partial charge in [0.25, 0.3) is 11.5 Å². The summed E-state index contributed by atoms with van der Waals surface area (Å²) < 4.78 is 38.9. The van der Waals surface area contributed by atoms with Crippen molar-refractivity contribution in [2.24, 2.45) is 5.10 Å². The van der Waals surface area contributed by atoms with E-state index < -0.39 is 16.9 Å². The lowest BCUT2D eigenvalue weighted by molar-refractivity contribution is -0.384. The molecule has 1 aromatic carbocycles. The Morgan fingerprint density at radius 1 is 1.27 bits per heavy atom. The van der Waals surface area contributed by atoms with Crippen LogP contribution in [-0.4, -0.2) is 36.1 Å². The van der Waals surface area contributed by atoms with Gasteiger partial charge in [0.2, 0.25) is 0 Å². The Labute approximate surface area is 141 Å². The monoisotopic (exact) mass is 367 g/mol. The summed E-state index contributed by atoms with van der Waals surface area (Å²) in [4.78, 5) is 10.1. The Hall–Kier alpha value is -3.77. The lowest BCUT2D eigenvalue weighted by Crippen LogP contribution is -2.13. The standard InChI is InChI=1S/C13H8F3N7O3/c14-13(15,16)12-20-19-11-4-3-10(21-22(11)12)18-17-6-7-5-8(23(25)26)1-2-9(7)24/h1-6,24H,(H,18,21). The van der Waals surface area contributed by atoms with Gasteiger partial charge in [-0.1, -0.05) is 0 Å². The van der Waals surface area contributed by atoms with Gasteiger partial charge in [0.1, 0.15) is 5.75 Å². The van der Waals surface area contributed by atoms with Gasteiger partial charge in [0, 0.05) is 17.7 Å². The van der Waals surface area contributed by atoms with E-state index in [4.69, 9.17) is 0 Å². The lowest BCUT2D eigenvalue weighted by Gasteiger charge is -2.04. The number of fused-ring (bicyclic) bond motifs is 1. The van der Waals surface area contributed by atoms with Crippen LogP contribution in [0.25, 0.3) is 5.65 Å². The molecule has 2 heterocycles. The Kier molecular flexibility index (Phi) is 4.11. The van der Waals surface area contributed by atoms with Crippen LogP contribution in [0.4, 0.5) is 24.7 Å².